The maximum Gasteiger partial charge on any atom is 0.256 e. The van der Waals surface area contributed by atoms with Gasteiger partial charge in [0.2, 0.25) is 0 Å². The molecule has 1 amide bonds. The van der Waals surface area contributed by atoms with Crippen molar-refractivity contribution in [3.8, 4) is 0 Å². The van der Waals surface area contributed by atoms with E-state index in [4.69, 9.17) is 11.6 Å². The molecule has 1 aromatic carbocycles. The molecule has 4 nitrogen and oxygen atoms in total. The van der Waals surface area contributed by atoms with Crippen molar-refractivity contribution in [3.05, 3.63) is 44.9 Å². The van der Waals surface area contributed by atoms with Crippen LogP contribution < -0.4 is 5.32 Å². The Labute approximate surface area is 139 Å². The first kappa shape index (κ1) is 15.3. The molecule has 116 valence electrons. The minimum absolute atomic E-state index is 0.0583. The van der Waals surface area contributed by atoms with E-state index in [9.17, 15) is 4.79 Å². The van der Waals surface area contributed by atoms with E-state index in [2.05, 4.69) is 10.3 Å². The summed E-state index contributed by atoms with van der Waals surface area (Å²) >= 11 is 7.74. The molecular weight excluding hydrogens is 318 g/mol. The molecule has 1 aliphatic rings. The molecule has 0 saturated carbocycles. The van der Waals surface area contributed by atoms with Gasteiger partial charge in [-0.25, -0.2) is 4.98 Å². The van der Waals surface area contributed by atoms with Crippen LogP contribution >= 0.6 is 22.9 Å². The number of benzene rings is 1. The van der Waals surface area contributed by atoms with Crippen LogP contribution in [0.5, 0.6) is 0 Å². The lowest BCUT2D eigenvalue weighted by Crippen LogP contribution is -2.28. The molecule has 0 spiro atoms. The SMILES string of the molecule is Cc1ncc(CNc2ccc(Cl)cc2C(=O)N2CCCC2)s1. The average molecular weight is 336 g/mol. The number of anilines is 1. The normalized spacial score (nSPS) is 14.4. The Morgan fingerprint density at radius 2 is 2.18 bits per heavy atom. The lowest BCUT2D eigenvalue weighted by molar-refractivity contribution is 0.0793. The molecule has 1 saturated heterocycles. The molecule has 2 aromatic rings. The molecule has 0 unspecified atom stereocenters. The number of halogens is 1. The molecule has 1 aromatic heterocycles. The summed E-state index contributed by atoms with van der Waals surface area (Å²) in [6, 6.07) is 5.44. The number of carbonyl (C=O) groups is 1. The molecule has 3 rings (SSSR count). The number of aromatic nitrogens is 1. The molecule has 1 aliphatic heterocycles. The van der Waals surface area contributed by atoms with E-state index in [1.165, 1.54) is 0 Å². The number of nitrogens with zero attached hydrogens (tertiary/aromatic N) is 2. The van der Waals surface area contributed by atoms with Crippen molar-refractivity contribution in [1.82, 2.24) is 9.88 Å². The summed E-state index contributed by atoms with van der Waals surface area (Å²) in [5.41, 5.74) is 1.47. The number of likely N-dealkylation sites (tertiary alicyclic amines) is 1. The van der Waals surface area contributed by atoms with Crippen LogP contribution in [0.3, 0.4) is 0 Å². The number of carbonyl (C=O) groups excluding carboxylic acids is 1. The molecule has 1 fully saturated rings. The van der Waals surface area contributed by atoms with Crippen LogP contribution in [0.15, 0.2) is 24.4 Å². The molecule has 6 heteroatoms. The van der Waals surface area contributed by atoms with Crippen LogP contribution in [0, 0.1) is 6.92 Å². The highest BCUT2D eigenvalue weighted by molar-refractivity contribution is 7.11. The van der Waals surface area contributed by atoms with Gasteiger partial charge < -0.3 is 10.2 Å². The van der Waals surface area contributed by atoms with Gasteiger partial charge in [0.25, 0.3) is 5.91 Å². The standard InChI is InChI=1S/C16H18ClN3OS/c1-11-18-9-13(22-11)10-19-15-5-4-12(17)8-14(15)16(21)20-6-2-3-7-20/h4-5,8-9,19H,2-3,6-7,10H2,1H3. The van der Waals surface area contributed by atoms with E-state index in [0.29, 0.717) is 17.1 Å². The first-order valence-corrected chi connectivity index (χ1v) is 8.57. The fourth-order valence-corrected chi connectivity index (χ4v) is 3.51. The Morgan fingerprint density at radius 3 is 2.86 bits per heavy atom. The lowest BCUT2D eigenvalue weighted by Gasteiger charge is -2.18. The van der Waals surface area contributed by atoms with Gasteiger partial charge in [-0.1, -0.05) is 11.6 Å². The van der Waals surface area contributed by atoms with Gasteiger partial charge in [0.05, 0.1) is 17.1 Å². The average Bonchev–Trinajstić information content (AvgIpc) is 3.16. The summed E-state index contributed by atoms with van der Waals surface area (Å²) in [6.45, 7) is 4.31. The third kappa shape index (κ3) is 3.42. The predicted octanol–water partition coefficient (Wildman–Crippen LogP) is 3.95. The summed E-state index contributed by atoms with van der Waals surface area (Å²) in [5.74, 6) is 0.0583. The molecule has 22 heavy (non-hydrogen) atoms. The number of nitrogens with one attached hydrogen (secondary N) is 1. The zero-order valence-corrected chi connectivity index (χ0v) is 14.0. The van der Waals surface area contributed by atoms with Crippen LogP contribution in [0.2, 0.25) is 5.02 Å². The summed E-state index contributed by atoms with van der Waals surface area (Å²) in [7, 11) is 0. The second-order valence-corrected chi connectivity index (χ2v) is 7.14. The van der Waals surface area contributed by atoms with Crippen LogP contribution in [-0.2, 0) is 6.54 Å². The largest absolute Gasteiger partial charge is 0.379 e. The molecule has 2 heterocycles. The highest BCUT2D eigenvalue weighted by Gasteiger charge is 2.22. The Hall–Kier alpha value is -1.59. The minimum Gasteiger partial charge on any atom is -0.379 e. The van der Waals surface area contributed by atoms with Gasteiger partial charge in [-0.15, -0.1) is 11.3 Å². The van der Waals surface area contributed by atoms with E-state index in [1.54, 1.807) is 17.4 Å². The van der Waals surface area contributed by atoms with Gasteiger partial charge in [0.1, 0.15) is 0 Å². The van der Waals surface area contributed by atoms with E-state index < -0.39 is 0 Å². The highest BCUT2D eigenvalue weighted by Crippen LogP contribution is 2.25. The smallest absolute Gasteiger partial charge is 0.256 e. The number of thiazole rings is 1. The van der Waals surface area contributed by atoms with Crippen molar-refractivity contribution in [3.63, 3.8) is 0 Å². The second-order valence-electron chi connectivity index (χ2n) is 5.39. The van der Waals surface area contributed by atoms with Crippen molar-refractivity contribution in [2.75, 3.05) is 18.4 Å². The van der Waals surface area contributed by atoms with Crippen molar-refractivity contribution >= 4 is 34.5 Å². The third-order valence-electron chi connectivity index (χ3n) is 3.73. The van der Waals surface area contributed by atoms with Gasteiger partial charge >= 0.3 is 0 Å². The zero-order chi connectivity index (χ0) is 15.5. The molecule has 1 N–H and O–H groups in total. The van der Waals surface area contributed by atoms with Crippen molar-refractivity contribution in [2.45, 2.75) is 26.3 Å². The second kappa shape index (κ2) is 6.67. The molecule has 0 radical (unpaired) electrons. The Morgan fingerprint density at radius 1 is 1.41 bits per heavy atom. The fourth-order valence-electron chi connectivity index (χ4n) is 2.61. The minimum atomic E-state index is 0.0583. The van der Waals surface area contributed by atoms with E-state index in [1.807, 2.05) is 30.2 Å². The summed E-state index contributed by atoms with van der Waals surface area (Å²) in [5, 5.41) is 4.97. The Bertz CT molecular complexity index is 680. The van der Waals surface area contributed by atoms with E-state index in [0.717, 1.165) is 41.5 Å². The van der Waals surface area contributed by atoms with Gasteiger partial charge in [-0.05, 0) is 38.0 Å². The van der Waals surface area contributed by atoms with Crippen LogP contribution in [0.1, 0.15) is 33.1 Å². The molecular formula is C16H18ClN3OS. The zero-order valence-electron chi connectivity index (χ0n) is 12.4. The molecule has 0 aliphatic carbocycles. The number of amides is 1. The monoisotopic (exact) mass is 335 g/mol. The topological polar surface area (TPSA) is 45.2 Å². The van der Waals surface area contributed by atoms with Crippen LogP contribution in [0.4, 0.5) is 5.69 Å². The number of hydrogen-bond acceptors (Lipinski definition) is 4. The summed E-state index contributed by atoms with van der Waals surface area (Å²) in [4.78, 5) is 19.9. The predicted molar refractivity (Wildman–Crippen MR) is 90.8 cm³/mol. The molecule has 0 atom stereocenters. The van der Waals surface area contributed by atoms with Crippen molar-refractivity contribution in [1.29, 1.82) is 0 Å². The van der Waals surface area contributed by atoms with Crippen molar-refractivity contribution < 1.29 is 4.79 Å². The fraction of sp³-hybridized carbons (Fsp3) is 0.375. The van der Waals surface area contributed by atoms with E-state index >= 15 is 0 Å². The van der Waals surface area contributed by atoms with E-state index in [-0.39, 0.29) is 5.91 Å². The van der Waals surface area contributed by atoms with Crippen molar-refractivity contribution in [2.24, 2.45) is 0 Å². The van der Waals surface area contributed by atoms with Gasteiger partial charge in [-0.3, -0.25) is 4.79 Å². The maximum atomic E-state index is 12.7. The van der Waals surface area contributed by atoms with Crippen LogP contribution in [0.25, 0.3) is 0 Å². The first-order chi connectivity index (χ1) is 10.6. The third-order valence-corrected chi connectivity index (χ3v) is 4.88. The van der Waals surface area contributed by atoms with Gasteiger partial charge in [0.15, 0.2) is 0 Å². The van der Waals surface area contributed by atoms with Crippen LogP contribution in [-0.4, -0.2) is 28.9 Å². The quantitative estimate of drug-likeness (QED) is 0.920. The summed E-state index contributed by atoms with van der Waals surface area (Å²) < 4.78 is 0. The first-order valence-electron chi connectivity index (χ1n) is 7.37. The molecule has 0 bridgehead atoms. The number of rotatable bonds is 4. The number of hydrogen-bond donors (Lipinski definition) is 1. The maximum absolute atomic E-state index is 12.7. The van der Waals surface area contributed by atoms with Gasteiger partial charge in [0, 0.05) is 34.9 Å². The lowest BCUT2D eigenvalue weighted by atomic mass is 10.1. The Kier molecular flexibility index (Phi) is 4.64. The number of aryl methyl sites for hydroxylation is 1. The van der Waals surface area contributed by atoms with Gasteiger partial charge in [-0.2, -0.15) is 0 Å². The Balaban J connectivity index is 1.79. The highest BCUT2D eigenvalue weighted by atomic mass is 35.5. The summed E-state index contributed by atoms with van der Waals surface area (Å²) in [6.07, 6.45) is 4.02.